The highest BCUT2D eigenvalue weighted by molar-refractivity contribution is 6.46. The molecule has 3 aromatic carbocycles. The number of Topliss-reactive ketones (excluding diaryl/α,β-unsaturated/α-hetero) is 1. The molecule has 1 saturated heterocycles. The minimum absolute atomic E-state index is 0.113. The number of nitrogens with zero attached hydrogens (tertiary/aromatic N) is 1. The largest absolute Gasteiger partial charge is 0.507 e. The number of carbonyl (C=O) groups excluding carboxylic acids is 2. The van der Waals surface area contributed by atoms with Crippen LogP contribution in [-0.4, -0.2) is 34.8 Å². The lowest BCUT2D eigenvalue weighted by atomic mass is 9.94. The average molecular weight is 415 g/mol. The second-order valence-corrected chi connectivity index (χ2v) is 7.56. The third-order valence-electron chi connectivity index (χ3n) is 5.51. The van der Waals surface area contributed by atoms with Crippen molar-refractivity contribution in [3.05, 3.63) is 83.4 Å². The number of likely N-dealkylation sites (tertiary alicyclic amines) is 1. The van der Waals surface area contributed by atoms with Gasteiger partial charge in [0.05, 0.1) is 18.2 Å². The smallest absolute Gasteiger partial charge is 0.295 e. The van der Waals surface area contributed by atoms with Crippen molar-refractivity contribution < 1.29 is 19.4 Å². The van der Waals surface area contributed by atoms with Crippen molar-refractivity contribution in [2.24, 2.45) is 0 Å². The lowest BCUT2D eigenvalue weighted by Crippen LogP contribution is -2.30. The normalized spacial score (nSPS) is 18.0. The molecular weight excluding hydrogens is 390 g/mol. The quantitative estimate of drug-likeness (QED) is 0.347. The zero-order valence-corrected chi connectivity index (χ0v) is 17.7. The van der Waals surface area contributed by atoms with Gasteiger partial charge >= 0.3 is 0 Å². The van der Waals surface area contributed by atoms with Crippen LogP contribution in [0.25, 0.3) is 16.5 Å². The predicted molar refractivity (Wildman–Crippen MR) is 121 cm³/mol. The molecule has 31 heavy (non-hydrogen) atoms. The van der Waals surface area contributed by atoms with Crippen LogP contribution in [-0.2, 0) is 9.59 Å². The molecule has 1 atom stereocenters. The Labute approximate surface area is 181 Å². The van der Waals surface area contributed by atoms with E-state index in [0.717, 1.165) is 16.3 Å². The number of fused-ring (bicyclic) bond motifs is 1. The first-order valence-corrected chi connectivity index (χ1v) is 10.6. The van der Waals surface area contributed by atoms with E-state index in [1.165, 1.54) is 0 Å². The van der Waals surface area contributed by atoms with E-state index in [1.54, 1.807) is 11.0 Å². The Morgan fingerprint density at radius 1 is 0.968 bits per heavy atom. The van der Waals surface area contributed by atoms with Crippen molar-refractivity contribution in [1.29, 1.82) is 0 Å². The Bertz CT molecular complexity index is 1180. The van der Waals surface area contributed by atoms with Crippen molar-refractivity contribution in [2.45, 2.75) is 26.3 Å². The maximum Gasteiger partial charge on any atom is 0.295 e. The van der Waals surface area contributed by atoms with Crippen molar-refractivity contribution in [3.8, 4) is 5.75 Å². The van der Waals surface area contributed by atoms with Crippen molar-refractivity contribution in [1.82, 2.24) is 4.90 Å². The summed E-state index contributed by atoms with van der Waals surface area (Å²) < 4.78 is 5.62. The van der Waals surface area contributed by atoms with Crippen LogP contribution in [0.15, 0.2) is 72.3 Å². The number of carbonyl (C=O) groups is 2. The van der Waals surface area contributed by atoms with Gasteiger partial charge < -0.3 is 14.7 Å². The monoisotopic (exact) mass is 415 g/mol. The fourth-order valence-corrected chi connectivity index (χ4v) is 4.13. The molecule has 4 rings (SSSR count). The lowest BCUT2D eigenvalue weighted by molar-refractivity contribution is -0.139. The fraction of sp³-hybridized carbons (Fsp3) is 0.231. The molecule has 1 amide bonds. The number of hydrogen-bond acceptors (Lipinski definition) is 4. The van der Waals surface area contributed by atoms with Gasteiger partial charge in [0.2, 0.25) is 0 Å². The van der Waals surface area contributed by atoms with E-state index in [0.29, 0.717) is 30.9 Å². The highest BCUT2D eigenvalue weighted by atomic mass is 16.5. The standard InChI is InChI=1S/C26H25NO4/c1-3-14-27-23(19-10-7-11-21(16-19)31-4-2)22(25(29)26(27)30)24(28)20-13-12-17-8-5-6-9-18(17)15-20/h5-13,15-16,23,28H,3-4,14H2,1-2H3/b24-22-. The van der Waals surface area contributed by atoms with E-state index in [4.69, 9.17) is 4.74 Å². The first kappa shape index (κ1) is 20.7. The van der Waals surface area contributed by atoms with Gasteiger partial charge in [-0.15, -0.1) is 0 Å². The van der Waals surface area contributed by atoms with Crippen LogP contribution in [0.5, 0.6) is 5.75 Å². The van der Waals surface area contributed by atoms with Gasteiger partial charge in [-0.2, -0.15) is 0 Å². The number of aliphatic hydroxyl groups is 1. The molecule has 0 aliphatic carbocycles. The molecule has 3 aromatic rings. The predicted octanol–water partition coefficient (Wildman–Crippen LogP) is 5.07. The zero-order chi connectivity index (χ0) is 22.0. The molecule has 1 heterocycles. The number of rotatable bonds is 6. The molecule has 0 spiro atoms. The Balaban J connectivity index is 1.88. The molecule has 0 radical (unpaired) electrons. The summed E-state index contributed by atoms with van der Waals surface area (Å²) >= 11 is 0. The van der Waals surface area contributed by atoms with E-state index in [2.05, 4.69) is 0 Å². The van der Waals surface area contributed by atoms with Crippen LogP contribution in [0, 0.1) is 0 Å². The van der Waals surface area contributed by atoms with Crippen molar-refractivity contribution in [2.75, 3.05) is 13.2 Å². The molecule has 1 aliphatic heterocycles. The molecule has 0 aromatic heterocycles. The molecule has 0 saturated carbocycles. The topological polar surface area (TPSA) is 66.8 Å². The van der Waals surface area contributed by atoms with Gasteiger partial charge in [-0.1, -0.05) is 55.5 Å². The number of aliphatic hydroxyl groups excluding tert-OH is 1. The first-order chi connectivity index (χ1) is 15.0. The minimum Gasteiger partial charge on any atom is -0.507 e. The summed E-state index contributed by atoms with van der Waals surface area (Å²) in [5.41, 5.74) is 1.36. The molecule has 0 bridgehead atoms. The van der Waals surface area contributed by atoms with Crippen LogP contribution < -0.4 is 4.74 Å². The summed E-state index contributed by atoms with van der Waals surface area (Å²) in [6.07, 6.45) is 0.699. The van der Waals surface area contributed by atoms with Crippen LogP contribution >= 0.6 is 0 Å². The maximum atomic E-state index is 13.0. The summed E-state index contributed by atoms with van der Waals surface area (Å²) in [6.45, 7) is 4.78. The Kier molecular flexibility index (Phi) is 5.76. The molecule has 5 heteroatoms. The zero-order valence-electron chi connectivity index (χ0n) is 17.7. The number of ether oxygens (including phenoxy) is 1. The number of benzene rings is 3. The second kappa shape index (κ2) is 8.64. The van der Waals surface area contributed by atoms with Crippen LogP contribution in [0.4, 0.5) is 0 Å². The lowest BCUT2D eigenvalue weighted by Gasteiger charge is -2.25. The SMILES string of the molecule is CCCN1C(=O)C(=O)/C(=C(\O)c2ccc3ccccc3c2)C1c1cccc(OCC)c1. The number of amides is 1. The van der Waals surface area contributed by atoms with Crippen molar-refractivity contribution >= 4 is 28.2 Å². The van der Waals surface area contributed by atoms with Gasteiger partial charge in [0.1, 0.15) is 11.5 Å². The highest BCUT2D eigenvalue weighted by Crippen LogP contribution is 2.40. The molecule has 1 N–H and O–H groups in total. The summed E-state index contributed by atoms with van der Waals surface area (Å²) in [6, 6.07) is 20.0. The van der Waals surface area contributed by atoms with E-state index >= 15 is 0 Å². The van der Waals surface area contributed by atoms with Gasteiger partial charge in [-0.3, -0.25) is 9.59 Å². The number of hydrogen-bond donors (Lipinski definition) is 1. The fourth-order valence-electron chi connectivity index (χ4n) is 4.13. The summed E-state index contributed by atoms with van der Waals surface area (Å²) in [7, 11) is 0. The summed E-state index contributed by atoms with van der Waals surface area (Å²) in [5, 5.41) is 13.2. The average Bonchev–Trinajstić information content (AvgIpc) is 3.04. The Hall–Kier alpha value is -3.60. The van der Waals surface area contributed by atoms with E-state index < -0.39 is 17.7 Å². The highest BCUT2D eigenvalue weighted by Gasteiger charge is 2.45. The Morgan fingerprint density at radius 2 is 1.74 bits per heavy atom. The van der Waals surface area contributed by atoms with Crippen LogP contribution in [0.2, 0.25) is 0 Å². The molecular formula is C26H25NO4. The van der Waals surface area contributed by atoms with E-state index in [1.807, 2.05) is 74.5 Å². The van der Waals surface area contributed by atoms with Crippen LogP contribution in [0.3, 0.4) is 0 Å². The van der Waals surface area contributed by atoms with E-state index in [-0.39, 0.29) is 11.3 Å². The van der Waals surface area contributed by atoms with Gasteiger partial charge in [0.25, 0.3) is 11.7 Å². The third kappa shape index (κ3) is 3.79. The maximum absolute atomic E-state index is 13.0. The van der Waals surface area contributed by atoms with Crippen molar-refractivity contribution in [3.63, 3.8) is 0 Å². The molecule has 158 valence electrons. The number of ketones is 1. The molecule has 1 unspecified atom stereocenters. The van der Waals surface area contributed by atoms with Gasteiger partial charge in [-0.25, -0.2) is 0 Å². The van der Waals surface area contributed by atoms with Crippen LogP contribution in [0.1, 0.15) is 37.4 Å². The van der Waals surface area contributed by atoms with Gasteiger partial charge in [0, 0.05) is 12.1 Å². The Morgan fingerprint density at radius 3 is 2.48 bits per heavy atom. The molecule has 1 fully saturated rings. The molecule has 1 aliphatic rings. The third-order valence-corrected chi connectivity index (χ3v) is 5.51. The minimum atomic E-state index is -0.661. The second-order valence-electron chi connectivity index (χ2n) is 7.56. The first-order valence-electron chi connectivity index (χ1n) is 10.6. The molecule has 5 nitrogen and oxygen atoms in total. The van der Waals surface area contributed by atoms with E-state index in [9.17, 15) is 14.7 Å². The summed E-state index contributed by atoms with van der Waals surface area (Å²) in [5.74, 6) is -0.746. The summed E-state index contributed by atoms with van der Waals surface area (Å²) in [4.78, 5) is 27.4. The van der Waals surface area contributed by atoms with Gasteiger partial charge in [0.15, 0.2) is 0 Å². The van der Waals surface area contributed by atoms with Gasteiger partial charge in [-0.05, 0) is 47.9 Å².